The van der Waals surface area contributed by atoms with E-state index in [-0.39, 0.29) is 22.5 Å². The van der Waals surface area contributed by atoms with E-state index in [0.717, 1.165) is 0 Å². The Kier molecular flexibility index (Phi) is 9.32. The van der Waals surface area contributed by atoms with E-state index in [1.807, 2.05) is 0 Å². The van der Waals surface area contributed by atoms with Crippen LogP contribution in [0.25, 0.3) is 0 Å². The maximum absolute atomic E-state index is 13.0. The number of methoxy groups -OCH3 is 2. The molecule has 1 heterocycles. The molecule has 0 saturated carbocycles. The minimum Gasteiger partial charge on any atom is -0.466 e. The number of para-hydroxylation sites is 1. The van der Waals surface area contributed by atoms with Crippen LogP contribution in [0.1, 0.15) is 11.5 Å². The van der Waals surface area contributed by atoms with Gasteiger partial charge in [0.1, 0.15) is 13.2 Å². The number of halogens is 6. The maximum Gasteiger partial charge on any atom is 0.387 e. The Balaban J connectivity index is 2.92. The van der Waals surface area contributed by atoms with Gasteiger partial charge in [0.05, 0.1) is 42.7 Å². The molecule has 0 bridgehead atoms. The van der Waals surface area contributed by atoms with Crippen LogP contribution in [0.5, 0.6) is 5.75 Å². The number of alkyl halides is 6. The van der Waals surface area contributed by atoms with Crippen molar-refractivity contribution in [3.05, 3.63) is 52.4 Å². The summed E-state index contributed by atoms with van der Waals surface area (Å²) in [4.78, 5) is 25.6. The molecule has 164 valence electrons. The first-order valence-corrected chi connectivity index (χ1v) is 11.8. The summed E-state index contributed by atoms with van der Waals surface area (Å²) in [6.07, 6.45) is 0. The molecular formula is C18H15Br4F2NO5. The lowest BCUT2D eigenvalue weighted by Gasteiger charge is -2.34. The van der Waals surface area contributed by atoms with Crippen molar-refractivity contribution < 1.29 is 32.6 Å². The van der Waals surface area contributed by atoms with Gasteiger partial charge in [-0.25, -0.2) is 9.59 Å². The predicted molar refractivity (Wildman–Crippen MR) is 120 cm³/mol. The van der Waals surface area contributed by atoms with E-state index in [4.69, 9.17) is 9.47 Å². The highest BCUT2D eigenvalue weighted by atomic mass is 79.9. The number of allylic oxidation sites excluding steroid dienone is 2. The molecule has 0 radical (unpaired) electrons. The summed E-state index contributed by atoms with van der Waals surface area (Å²) in [7, 11) is 2.36. The third kappa shape index (κ3) is 5.43. The first kappa shape index (κ1) is 25.3. The van der Waals surface area contributed by atoms with Crippen LogP contribution in [0, 0.1) is 0 Å². The standard InChI is InChI=1S/C18H15Br4F2NO5/c1-28-16(26)10-9(7-5-3-4-6-8(7)30-18(23)24)11(17(27)29-2)13(15(21)22)25-12(10)14(19)20/h3-6,9,14-15,18,25H,1-2H3. The normalized spacial score (nSPS) is 15.0. The van der Waals surface area contributed by atoms with Gasteiger partial charge in [0.2, 0.25) is 0 Å². The number of nitrogens with one attached hydrogen (secondary N) is 1. The molecule has 30 heavy (non-hydrogen) atoms. The number of hydrogen-bond donors (Lipinski definition) is 1. The molecule has 12 heteroatoms. The molecule has 1 N–H and O–H groups in total. The monoisotopic (exact) mass is 679 g/mol. The number of ether oxygens (including phenoxy) is 3. The summed E-state index contributed by atoms with van der Waals surface area (Å²) in [5.74, 6) is -2.85. The van der Waals surface area contributed by atoms with Crippen LogP contribution >= 0.6 is 63.7 Å². The van der Waals surface area contributed by atoms with E-state index in [9.17, 15) is 18.4 Å². The summed E-state index contributed by atoms with van der Waals surface area (Å²) in [5, 5.41) is 3.02. The van der Waals surface area contributed by atoms with E-state index >= 15 is 0 Å². The zero-order chi connectivity index (χ0) is 22.6. The second kappa shape index (κ2) is 11.1. The van der Waals surface area contributed by atoms with Gasteiger partial charge in [0.25, 0.3) is 0 Å². The molecule has 0 atom stereocenters. The Morgan fingerprint density at radius 1 is 0.933 bits per heavy atom. The lowest BCUT2D eigenvalue weighted by atomic mass is 9.80. The molecule has 1 aliphatic rings. The molecule has 0 unspecified atom stereocenters. The first-order chi connectivity index (χ1) is 14.1. The summed E-state index contributed by atoms with van der Waals surface area (Å²) in [6.45, 7) is -3.11. The van der Waals surface area contributed by atoms with Crippen LogP contribution in [0.15, 0.2) is 46.8 Å². The van der Waals surface area contributed by atoms with Gasteiger partial charge in [0, 0.05) is 5.56 Å². The van der Waals surface area contributed by atoms with Crippen LogP contribution in [-0.4, -0.2) is 40.2 Å². The van der Waals surface area contributed by atoms with Crippen molar-refractivity contribution in [3.63, 3.8) is 0 Å². The molecule has 6 nitrogen and oxygen atoms in total. The van der Waals surface area contributed by atoms with E-state index in [1.165, 1.54) is 32.4 Å². The van der Waals surface area contributed by atoms with Crippen LogP contribution < -0.4 is 10.1 Å². The molecule has 0 aliphatic carbocycles. The first-order valence-electron chi connectivity index (χ1n) is 8.15. The van der Waals surface area contributed by atoms with Gasteiger partial charge < -0.3 is 19.5 Å². The van der Waals surface area contributed by atoms with E-state index < -0.39 is 31.9 Å². The van der Waals surface area contributed by atoms with Crippen molar-refractivity contribution >= 4 is 75.7 Å². The number of hydrogen-bond acceptors (Lipinski definition) is 6. The summed E-state index contributed by atoms with van der Waals surface area (Å²) < 4.78 is 39.5. The van der Waals surface area contributed by atoms with Crippen molar-refractivity contribution in [2.45, 2.75) is 20.0 Å². The summed E-state index contributed by atoms with van der Waals surface area (Å²) in [6, 6.07) is 5.90. The van der Waals surface area contributed by atoms with Crippen molar-refractivity contribution in [1.82, 2.24) is 5.32 Å². The Hall–Kier alpha value is -0.980. The molecule has 0 spiro atoms. The molecular weight excluding hydrogens is 668 g/mol. The highest BCUT2D eigenvalue weighted by Crippen LogP contribution is 2.46. The average molecular weight is 683 g/mol. The topological polar surface area (TPSA) is 73.9 Å². The molecule has 2 rings (SSSR count). The van der Waals surface area contributed by atoms with E-state index in [1.54, 1.807) is 6.07 Å². The van der Waals surface area contributed by atoms with Crippen molar-refractivity contribution in [2.24, 2.45) is 0 Å². The number of carbonyl (C=O) groups is 2. The summed E-state index contributed by atoms with van der Waals surface area (Å²) >= 11 is 13.4. The lowest BCUT2D eigenvalue weighted by Crippen LogP contribution is -2.37. The zero-order valence-electron chi connectivity index (χ0n) is 15.4. The number of benzene rings is 1. The van der Waals surface area contributed by atoms with Gasteiger partial charge in [-0.1, -0.05) is 81.9 Å². The lowest BCUT2D eigenvalue weighted by molar-refractivity contribution is -0.137. The Morgan fingerprint density at radius 3 is 1.80 bits per heavy atom. The molecule has 0 amide bonds. The molecule has 0 saturated heterocycles. The Labute approximate surface area is 204 Å². The highest BCUT2D eigenvalue weighted by Gasteiger charge is 2.43. The average Bonchev–Trinajstić information content (AvgIpc) is 2.70. The van der Waals surface area contributed by atoms with Gasteiger partial charge >= 0.3 is 18.6 Å². The van der Waals surface area contributed by atoms with Gasteiger partial charge in [0.15, 0.2) is 0 Å². The van der Waals surface area contributed by atoms with Gasteiger partial charge in [-0.3, -0.25) is 0 Å². The van der Waals surface area contributed by atoms with Crippen molar-refractivity contribution in [3.8, 4) is 5.75 Å². The largest absolute Gasteiger partial charge is 0.466 e. The van der Waals surface area contributed by atoms with Gasteiger partial charge in [-0.2, -0.15) is 8.78 Å². The van der Waals surface area contributed by atoms with Crippen molar-refractivity contribution in [1.29, 1.82) is 0 Å². The second-order valence-corrected chi connectivity index (χ2v) is 11.8. The van der Waals surface area contributed by atoms with Crippen LogP contribution in [0.4, 0.5) is 8.78 Å². The maximum atomic E-state index is 13.0. The fourth-order valence-corrected chi connectivity index (χ4v) is 4.43. The third-order valence-corrected chi connectivity index (χ3v) is 5.95. The predicted octanol–water partition coefficient (Wildman–Crippen LogP) is 5.06. The summed E-state index contributed by atoms with van der Waals surface area (Å²) in [5.41, 5.74) is 0.852. The van der Waals surface area contributed by atoms with Crippen LogP contribution in [0.3, 0.4) is 0 Å². The Morgan fingerprint density at radius 2 is 1.40 bits per heavy atom. The number of dihydropyridines is 1. The minimum absolute atomic E-state index is 0.0198. The van der Waals surface area contributed by atoms with Gasteiger partial charge in [-0.15, -0.1) is 0 Å². The molecule has 0 aromatic heterocycles. The van der Waals surface area contributed by atoms with Gasteiger partial charge in [-0.05, 0) is 6.07 Å². The molecule has 0 fully saturated rings. The quantitative estimate of drug-likeness (QED) is 0.321. The minimum atomic E-state index is -3.11. The SMILES string of the molecule is COC(=O)C1=C(C(Br)Br)NC(C(Br)Br)=C(C(=O)OC)C1c1ccccc1OC(F)F. The smallest absolute Gasteiger partial charge is 0.387 e. The third-order valence-electron chi connectivity index (χ3n) is 4.12. The van der Waals surface area contributed by atoms with Crippen molar-refractivity contribution in [2.75, 3.05) is 14.2 Å². The number of carbonyl (C=O) groups excluding carboxylic acids is 2. The van der Waals surface area contributed by atoms with E-state index in [2.05, 4.69) is 73.8 Å². The molecule has 1 aromatic carbocycles. The van der Waals surface area contributed by atoms with Crippen LogP contribution in [0.2, 0.25) is 0 Å². The Bertz CT molecular complexity index is 845. The van der Waals surface area contributed by atoms with E-state index in [0.29, 0.717) is 11.4 Å². The molecule has 1 aromatic rings. The molecule has 1 aliphatic heterocycles. The number of rotatable bonds is 7. The van der Waals surface area contributed by atoms with Crippen LogP contribution in [-0.2, 0) is 19.1 Å². The number of esters is 2. The second-order valence-electron chi connectivity index (χ2n) is 5.71. The fraction of sp³-hybridized carbons (Fsp3) is 0.333. The fourth-order valence-electron chi connectivity index (χ4n) is 2.99. The zero-order valence-corrected chi connectivity index (χ0v) is 21.8. The highest BCUT2D eigenvalue weighted by molar-refractivity contribution is 9.25.